The van der Waals surface area contributed by atoms with Crippen molar-refractivity contribution in [2.45, 2.75) is 32.6 Å². The molecule has 1 rings (SSSR count). The van der Waals surface area contributed by atoms with Gasteiger partial charge in [-0.3, -0.25) is 0 Å². The highest BCUT2D eigenvalue weighted by Gasteiger charge is 2.14. The molecular formula is C13H18O3S. The van der Waals surface area contributed by atoms with Gasteiger partial charge in [-0.1, -0.05) is 38.5 Å². The van der Waals surface area contributed by atoms with Crippen molar-refractivity contribution in [2.75, 3.05) is 0 Å². The van der Waals surface area contributed by atoms with Crippen LogP contribution in [0.25, 0.3) is 0 Å². The molecule has 0 bridgehead atoms. The van der Waals surface area contributed by atoms with Crippen LogP contribution >= 0.6 is 0 Å². The highest BCUT2D eigenvalue weighted by molar-refractivity contribution is 7.86. The van der Waals surface area contributed by atoms with Gasteiger partial charge in [0.2, 0.25) is 0 Å². The Morgan fingerprint density at radius 3 is 2.12 bits per heavy atom. The third kappa shape index (κ3) is 4.61. The van der Waals surface area contributed by atoms with Crippen molar-refractivity contribution in [1.82, 2.24) is 0 Å². The van der Waals surface area contributed by atoms with E-state index in [0.29, 0.717) is 0 Å². The van der Waals surface area contributed by atoms with Crippen LogP contribution in [0.15, 0.2) is 41.5 Å². The van der Waals surface area contributed by atoms with Crippen molar-refractivity contribution in [3.63, 3.8) is 0 Å². The minimum atomic E-state index is -3.69. The SMILES string of the molecule is Cc1ccc(S(=O)(=O)OC=CC(C)(C)C)cc1. The van der Waals surface area contributed by atoms with E-state index in [1.54, 1.807) is 18.2 Å². The van der Waals surface area contributed by atoms with Crippen LogP contribution in [-0.2, 0) is 14.3 Å². The molecule has 0 heterocycles. The largest absolute Gasteiger partial charge is 0.387 e. The topological polar surface area (TPSA) is 43.4 Å². The third-order valence-electron chi connectivity index (χ3n) is 2.06. The summed E-state index contributed by atoms with van der Waals surface area (Å²) in [5, 5.41) is 0. The van der Waals surface area contributed by atoms with E-state index in [4.69, 9.17) is 4.18 Å². The lowest BCUT2D eigenvalue weighted by molar-refractivity contribution is 0.430. The van der Waals surface area contributed by atoms with E-state index in [2.05, 4.69) is 0 Å². The Balaban J connectivity index is 2.83. The summed E-state index contributed by atoms with van der Waals surface area (Å²) >= 11 is 0. The van der Waals surface area contributed by atoms with Crippen LogP contribution in [-0.4, -0.2) is 8.42 Å². The van der Waals surface area contributed by atoms with Crippen LogP contribution in [0.1, 0.15) is 26.3 Å². The Morgan fingerprint density at radius 1 is 1.12 bits per heavy atom. The maximum Gasteiger partial charge on any atom is 0.338 e. The second-order valence-electron chi connectivity index (χ2n) is 5.03. The molecule has 1 aromatic carbocycles. The number of rotatable bonds is 3. The minimum Gasteiger partial charge on any atom is -0.387 e. The molecule has 0 amide bonds. The molecule has 1 aromatic rings. The first-order valence-electron chi connectivity index (χ1n) is 5.38. The van der Waals surface area contributed by atoms with Gasteiger partial charge in [0, 0.05) is 0 Å². The fraction of sp³-hybridized carbons (Fsp3) is 0.385. The van der Waals surface area contributed by atoms with Gasteiger partial charge in [-0.05, 0) is 30.5 Å². The second-order valence-corrected chi connectivity index (χ2v) is 6.60. The van der Waals surface area contributed by atoms with Gasteiger partial charge < -0.3 is 4.18 Å². The molecule has 0 aromatic heterocycles. The summed E-state index contributed by atoms with van der Waals surface area (Å²) in [5.74, 6) is 0. The monoisotopic (exact) mass is 254 g/mol. The van der Waals surface area contributed by atoms with Crippen LogP contribution in [0.2, 0.25) is 0 Å². The first-order valence-corrected chi connectivity index (χ1v) is 6.79. The van der Waals surface area contributed by atoms with E-state index in [9.17, 15) is 8.42 Å². The van der Waals surface area contributed by atoms with Crippen molar-refractivity contribution >= 4 is 10.1 Å². The highest BCUT2D eigenvalue weighted by atomic mass is 32.2. The van der Waals surface area contributed by atoms with E-state index in [-0.39, 0.29) is 10.3 Å². The number of hydrogen-bond donors (Lipinski definition) is 0. The lowest BCUT2D eigenvalue weighted by atomic mass is 9.98. The summed E-state index contributed by atoms with van der Waals surface area (Å²) < 4.78 is 28.3. The molecule has 0 saturated heterocycles. The van der Waals surface area contributed by atoms with Gasteiger partial charge in [-0.2, -0.15) is 8.42 Å². The van der Waals surface area contributed by atoms with E-state index >= 15 is 0 Å². The predicted molar refractivity (Wildman–Crippen MR) is 68.0 cm³/mol. The molecule has 0 aliphatic heterocycles. The molecule has 0 atom stereocenters. The molecule has 17 heavy (non-hydrogen) atoms. The first-order chi connectivity index (χ1) is 7.71. The summed E-state index contributed by atoms with van der Waals surface area (Å²) in [6.07, 6.45) is 2.94. The average molecular weight is 254 g/mol. The van der Waals surface area contributed by atoms with Crippen molar-refractivity contribution in [3.8, 4) is 0 Å². The molecule has 0 aliphatic carbocycles. The fourth-order valence-corrected chi connectivity index (χ4v) is 1.85. The lowest BCUT2D eigenvalue weighted by Crippen LogP contribution is -2.04. The van der Waals surface area contributed by atoms with Crippen molar-refractivity contribution in [1.29, 1.82) is 0 Å². The number of aryl methyl sites for hydroxylation is 1. The minimum absolute atomic E-state index is 0.108. The van der Waals surface area contributed by atoms with Gasteiger partial charge in [0.15, 0.2) is 0 Å². The molecular weight excluding hydrogens is 236 g/mol. The summed E-state index contributed by atoms with van der Waals surface area (Å²) in [4.78, 5) is 0.168. The summed E-state index contributed by atoms with van der Waals surface area (Å²) in [7, 11) is -3.69. The predicted octanol–water partition coefficient (Wildman–Crippen LogP) is 3.26. The number of benzene rings is 1. The normalized spacial score (nSPS) is 12.9. The van der Waals surface area contributed by atoms with Gasteiger partial charge in [-0.15, -0.1) is 0 Å². The summed E-state index contributed by atoms with van der Waals surface area (Å²) in [6, 6.07) is 6.55. The van der Waals surface area contributed by atoms with Crippen LogP contribution < -0.4 is 0 Å². The van der Waals surface area contributed by atoms with Crippen LogP contribution in [0.4, 0.5) is 0 Å². The zero-order valence-electron chi connectivity index (χ0n) is 10.6. The van der Waals surface area contributed by atoms with E-state index < -0.39 is 10.1 Å². The first kappa shape index (κ1) is 13.8. The number of hydrogen-bond acceptors (Lipinski definition) is 3. The van der Waals surface area contributed by atoms with Crippen molar-refractivity contribution < 1.29 is 12.6 Å². The Kier molecular flexibility index (Phi) is 3.98. The Bertz CT molecular complexity index is 490. The quantitative estimate of drug-likeness (QED) is 0.614. The highest BCUT2D eigenvalue weighted by Crippen LogP contribution is 2.17. The maximum atomic E-state index is 11.8. The Hall–Kier alpha value is -1.29. The zero-order valence-corrected chi connectivity index (χ0v) is 11.4. The molecule has 0 aliphatic rings. The van der Waals surface area contributed by atoms with Gasteiger partial charge >= 0.3 is 10.1 Å². The van der Waals surface area contributed by atoms with Crippen molar-refractivity contribution in [3.05, 3.63) is 42.2 Å². The van der Waals surface area contributed by atoms with Crippen LogP contribution in [0.3, 0.4) is 0 Å². The van der Waals surface area contributed by atoms with Crippen molar-refractivity contribution in [2.24, 2.45) is 5.41 Å². The van der Waals surface area contributed by atoms with Gasteiger partial charge in [0.25, 0.3) is 0 Å². The molecule has 94 valence electrons. The molecule has 0 radical (unpaired) electrons. The maximum absolute atomic E-state index is 11.8. The third-order valence-corrected chi connectivity index (χ3v) is 3.27. The second kappa shape index (κ2) is 4.92. The van der Waals surface area contributed by atoms with E-state index in [0.717, 1.165) is 5.56 Å². The van der Waals surface area contributed by atoms with Gasteiger partial charge in [-0.25, -0.2) is 0 Å². The summed E-state index contributed by atoms with van der Waals surface area (Å²) in [5.41, 5.74) is 0.900. The van der Waals surface area contributed by atoms with Gasteiger partial charge in [0.1, 0.15) is 11.2 Å². The molecule has 3 nitrogen and oxygen atoms in total. The lowest BCUT2D eigenvalue weighted by Gasteiger charge is -2.11. The van der Waals surface area contributed by atoms with Crippen LogP contribution in [0, 0.1) is 12.3 Å². The molecule has 0 saturated carbocycles. The average Bonchev–Trinajstić information content (AvgIpc) is 2.15. The smallest absolute Gasteiger partial charge is 0.338 e. The standard InChI is InChI=1S/C13H18O3S/c1-11-5-7-12(8-6-11)17(14,15)16-10-9-13(2,3)4/h5-10H,1-4H3. The number of allylic oxidation sites excluding steroid dienone is 1. The zero-order chi connectivity index (χ0) is 13.1. The van der Waals surface area contributed by atoms with Crippen LogP contribution in [0.5, 0.6) is 0 Å². The molecule has 0 N–H and O–H groups in total. The molecule has 4 heteroatoms. The van der Waals surface area contributed by atoms with Gasteiger partial charge in [0.05, 0.1) is 0 Å². The fourth-order valence-electron chi connectivity index (χ4n) is 1.07. The molecule has 0 fully saturated rings. The Labute approximate surface area is 103 Å². The van der Waals surface area contributed by atoms with E-state index in [1.807, 2.05) is 27.7 Å². The van der Waals surface area contributed by atoms with E-state index in [1.165, 1.54) is 18.4 Å². The Morgan fingerprint density at radius 2 is 1.65 bits per heavy atom. The molecule has 0 spiro atoms. The molecule has 0 unspecified atom stereocenters. The summed E-state index contributed by atoms with van der Waals surface area (Å²) in [6.45, 7) is 7.79.